The molecular weight excluding hydrogens is 262 g/mol. The van der Waals surface area contributed by atoms with E-state index in [9.17, 15) is 0 Å². The Morgan fingerprint density at radius 1 is 1.37 bits per heavy atom. The lowest BCUT2D eigenvalue weighted by molar-refractivity contribution is 0.264. The molecule has 3 rings (SSSR count). The molecular formula is C14H14ClN3O. The zero-order valence-electron chi connectivity index (χ0n) is 10.8. The quantitative estimate of drug-likeness (QED) is 0.750. The van der Waals surface area contributed by atoms with E-state index in [2.05, 4.69) is 33.9 Å². The minimum absolute atomic E-state index is 0.139. The first-order chi connectivity index (χ1) is 9.16. The van der Waals surface area contributed by atoms with Gasteiger partial charge in [-0.05, 0) is 29.7 Å². The van der Waals surface area contributed by atoms with Crippen LogP contribution < -0.4 is 9.64 Å². The maximum Gasteiger partial charge on any atom is 0.224 e. The van der Waals surface area contributed by atoms with Gasteiger partial charge in [0, 0.05) is 7.05 Å². The summed E-state index contributed by atoms with van der Waals surface area (Å²) in [6.45, 7) is 2.69. The van der Waals surface area contributed by atoms with Crippen LogP contribution in [0.15, 0.2) is 30.5 Å². The lowest BCUT2D eigenvalue weighted by Crippen LogP contribution is -2.34. The number of rotatable bonds is 1. The van der Waals surface area contributed by atoms with E-state index in [0.29, 0.717) is 12.4 Å². The molecule has 0 bridgehead atoms. The summed E-state index contributed by atoms with van der Waals surface area (Å²) in [6, 6.07) is 8.44. The highest BCUT2D eigenvalue weighted by molar-refractivity contribution is 6.28. The van der Waals surface area contributed by atoms with Crippen LogP contribution in [-0.2, 0) is 0 Å². The molecule has 0 N–H and O–H groups in total. The summed E-state index contributed by atoms with van der Waals surface area (Å²) in [6.07, 6.45) is 1.62. The van der Waals surface area contributed by atoms with Gasteiger partial charge in [-0.1, -0.05) is 24.3 Å². The van der Waals surface area contributed by atoms with E-state index in [1.165, 1.54) is 11.1 Å². The Bertz CT molecular complexity index is 617. The topological polar surface area (TPSA) is 38.3 Å². The zero-order chi connectivity index (χ0) is 13.4. The van der Waals surface area contributed by atoms with Crippen LogP contribution in [0, 0.1) is 6.92 Å². The Balaban J connectivity index is 2.02. The molecule has 4 nitrogen and oxygen atoms in total. The summed E-state index contributed by atoms with van der Waals surface area (Å²) < 4.78 is 5.75. The third-order valence-electron chi connectivity index (χ3n) is 3.45. The first kappa shape index (κ1) is 12.2. The molecule has 98 valence electrons. The Kier molecular flexibility index (Phi) is 3.03. The number of ether oxygens (including phenoxy) is 1. The average Bonchev–Trinajstić information content (AvgIpc) is 2.41. The lowest BCUT2D eigenvalue weighted by atomic mass is 10.00. The molecule has 0 fully saturated rings. The van der Waals surface area contributed by atoms with Gasteiger partial charge < -0.3 is 9.64 Å². The molecule has 1 unspecified atom stereocenters. The number of benzene rings is 1. The molecule has 1 aliphatic rings. The van der Waals surface area contributed by atoms with Gasteiger partial charge in [-0.2, -0.15) is 4.98 Å². The van der Waals surface area contributed by atoms with Crippen LogP contribution in [0.3, 0.4) is 0 Å². The molecule has 19 heavy (non-hydrogen) atoms. The van der Waals surface area contributed by atoms with E-state index in [1.54, 1.807) is 6.20 Å². The van der Waals surface area contributed by atoms with Crippen molar-refractivity contribution in [3.8, 4) is 5.75 Å². The van der Waals surface area contributed by atoms with Crippen molar-refractivity contribution in [3.63, 3.8) is 0 Å². The molecule has 0 spiro atoms. The van der Waals surface area contributed by atoms with Crippen LogP contribution in [0.25, 0.3) is 0 Å². The summed E-state index contributed by atoms with van der Waals surface area (Å²) >= 11 is 5.86. The second-order valence-corrected chi connectivity index (χ2v) is 4.96. The first-order valence-corrected chi connectivity index (χ1v) is 6.48. The highest BCUT2D eigenvalue weighted by atomic mass is 35.5. The Morgan fingerprint density at radius 2 is 2.16 bits per heavy atom. The number of fused-ring (bicyclic) bond motifs is 1. The van der Waals surface area contributed by atoms with E-state index in [0.717, 1.165) is 5.82 Å². The number of aromatic nitrogens is 2. The van der Waals surface area contributed by atoms with E-state index in [1.807, 2.05) is 19.2 Å². The van der Waals surface area contributed by atoms with Gasteiger partial charge >= 0.3 is 0 Å². The smallest absolute Gasteiger partial charge is 0.224 e. The van der Waals surface area contributed by atoms with Crippen LogP contribution in [0.1, 0.15) is 17.2 Å². The summed E-state index contributed by atoms with van der Waals surface area (Å²) in [7, 11) is 2.00. The molecule has 1 aromatic carbocycles. The fourth-order valence-corrected chi connectivity index (χ4v) is 2.51. The summed E-state index contributed by atoms with van der Waals surface area (Å²) in [5, 5.41) is 0.236. The van der Waals surface area contributed by atoms with Crippen molar-refractivity contribution in [1.82, 2.24) is 9.97 Å². The molecule has 5 heteroatoms. The van der Waals surface area contributed by atoms with Gasteiger partial charge in [-0.15, -0.1) is 0 Å². The van der Waals surface area contributed by atoms with Gasteiger partial charge in [0.2, 0.25) is 5.28 Å². The molecule has 0 saturated carbocycles. The minimum atomic E-state index is 0.139. The first-order valence-electron chi connectivity index (χ1n) is 6.10. The highest BCUT2D eigenvalue weighted by Gasteiger charge is 2.28. The number of anilines is 1. The number of likely N-dealkylation sites (N-methyl/N-ethyl adjacent to an activating group) is 1. The van der Waals surface area contributed by atoms with Crippen molar-refractivity contribution in [2.75, 3.05) is 18.6 Å². The molecule has 0 amide bonds. The molecule has 1 atom stereocenters. The number of nitrogens with zero attached hydrogens (tertiary/aromatic N) is 3. The predicted octanol–water partition coefficient (Wildman–Crippen LogP) is 3.01. The number of halogens is 1. The maximum absolute atomic E-state index is 5.86. The van der Waals surface area contributed by atoms with Crippen molar-refractivity contribution in [2.24, 2.45) is 0 Å². The van der Waals surface area contributed by atoms with Crippen molar-refractivity contribution >= 4 is 17.4 Å². The molecule has 1 aliphatic heterocycles. The second-order valence-electron chi connectivity index (χ2n) is 4.62. The van der Waals surface area contributed by atoms with Crippen LogP contribution in [0.4, 0.5) is 5.82 Å². The number of hydrogen-bond acceptors (Lipinski definition) is 4. The summed E-state index contributed by atoms with van der Waals surface area (Å²) in [5.74, 6) is 1.41. The van der Waals surface area contributed by atoms with Crippen molar-refractivity contribution in [3.05, 3.63) is 46.9 Å². The van der Waals surface area contributed by atoms with Crippen molar-refractivity contribution in [2.45, 2.75) is 13.0 Å². The predicted molar refractivity (Wildman–Crippen MR) is 74.9 cm³/mol. The Labute approximate surface area is 117 Å². The largest absolute Gasteiger partial charge is 0.486 e. The van der Waals surface area contributed by atoms with Gasteiger partial charge in [0.1, 0.15) is 6.61 Å². The monoisotopic (exact) mass is 275 g/mol. The highest BCUT2D eigenvalue weighted by Crippen LogP contribution is 2.37. The van der Waals surface area contributed by atoms with Gasteiger partial charge in [0.05, 0.1) is 12.2 Å². The van der Waals surface area contributed by atoms with E-state index < -0.39 is 0 Å². The normalized spacial score (nSPS) is 17.8. The molecule has 0 aliphatic carbocycles. The van der Waals surface area contributed by atoms with Crippen LogP contribution >= 0.6 is 11.6 Å². The third-order valence-corrected chi connectivity index (χ3v) is 3.63. The van der Waals surface area contributed by atoms with E-state index >= 15 is 0 Å². The van der Waals surface area contributed by atoms with E-state index in [4.69, 9.17) is 16.3 Å². The van der Waals surface area contributed by atoms with Crippen molar-refractivity contribution < 1.29 is 4.74 Å². The molecule has 2 aromatic rings. The zero-order valence-corrected chi connectivity index (χ0v) is 11.6. The molecule has 0 radical (unpaired) electrons. The Hall–Kier alpha value is -1.81. The molecule has 1 aromatic heterocycles. The minimum Gasteiger partial charge on any atom is -0.486 e. The fourth-order valence-electron chi connectivity index (χ4n) is 2.38. The summed E-state index contributed by atoms with van der Waals surface area (Å²) in [4.78, 5) is 10.3. The number of hydrogen-bond donors (Lipinski definition) is 0. The van der Waals surface area contributed by atoms with Crippen LogP contribution in [0.2, 0.25) is 5.28 Å². The Morgan fingerprint density at radius 3 is 2.95 bits per heavy atom. The maximum atomic E-state index is 5.86. The van der Waals surface area contributed by atoms with Gasteiger partial charge in [-0.3, -0.25) is 0 Å². The van der Waals surface area contributed by atoms with Crippen molar-refractivity contribution in [1.29, 1.82) is 0 Å². The number of aryl methyl sites for hydroxylation is 1. The lowest BCUT2D eigenvalue weighted by Gasteiger charge is -2.35. The van der Waals surface area contributed by atoms with Gasteiger partial charge in [0.15, 0.2) is 11.6 Å². The van der Waals surface area contributed by atoms with Crippen LogP contribution in [0.5, 0.6) is 5.75 Å². The SMILES string of the molecule is Cc1ccccc1C1COc2cnc(Cl)nc2N1C. The van der Waals surface area contributed by atoms with E-state index in [-0.39, 0.29) is 11.3 Å². The average molecular weight is 276 g/mol. The molecule has 0 saturated heterocycles. The third kappa shape index (κ3) is 2.12. The second kappa shape index (κ2) is 4.70. The fraction of sp³-hybridized carbons (Fsp3) is 0.286. The molecule has 2 heterocycles. The summed E-state index contributed by atoms with van der Waals surface area (Å²) in [5.41, 5.74) is 2.48. The standard InChI is InChI=1S/C14H14ClN3O/c1-9-5-3-4-6-10(9)11-8-19-12-7-16-14(15)17-13(12)18(11)2/h3-7,11H,8H2,1-2H3. The van der Waals surface area contributed by atoms with Crippen LogP contribution in [-0.4, -0.2) is 23.6 Å². The van der Waals surface area contributed by atoms with Gasteiger partial charge in [-0.25, -0.2) is 4.98 Å². The van der Waals surface area contributed by atoms with Gasteiger partial charge in [0.25, 0.3) is 0 Å².